The summed E-state index contributed by atoms with van der Waals surface area (Å²) < 4.78 is 2.29. The van der Waals surface area contributed by atoms with E-state index in [-0.39, 0.29) is 0 Å². The third kappa shape index (κ3) is 2.15. The van der Waals surface area contributed by atoms with Crippen LogP contribution in [0.3, 0.4) is 0 Å². The molecule has 0 fully saturated rings. The molecule has 0 N–H and O–H groups in total. The smallest absolute Gasteiger partial charge is 0.213 e. The first-order chi connectivity index (χ1) is 10.4. The van der Waals surface area contributed by atoms with Crippen molar-refractivity contribution in [2.75, 3.05) is 0 Å². The van der Waals surface area contributed by atoms with Gasteiger partial charge in [-0.25, -0.2) is 0 Å². The maximum atomic E-state index is 4.44. The minimum atomic E-state index is 0.879. The molecule has 2 nitrogen and oxygen atoms in total. The van der Waals surface area contributed by atoms with E-state index in [0.717, 1.165) is 12.1 Å². The fraction of sp³-hybridized carbons (Fsp3) is 0.0526. The van der Waals surface area contributed by atoms with Gasteiger partial charge < -0.3 is 0 Å². The van der Waals surface area contributed by atoms with E-state index in [2.05, 4.69) is 76.4 Å². The lowest BCUT2D eigenvalue weighted by molar-refractivity contribution is -0.662. The highest BCUT2D eigenvalue weighted by molar-refractivity contribution is 6.03. The summed E-state index contributed by atoms with van der Waals surface area (Å²) in [5, 5.41) is 2.46. The molecule has 0 unspecified atom stereocenters. The molecule has 100 valence electrons. The van der Waals surface area contributed by atoms with Crippen molar-refractivity contribution in [2.45, 2.75) is 6.54 Å². The minimum Gasteiger partial charge on any atom is -0.256 e. The average Bonchev–Trinajstić information content (AvgIpc) is 2.56. The number of benzene rings is 2. The van der Waals surface area contributed by atoms with Crippen molar-refractivity contribution in [3.05, 3.63) is 84.7 Å². The first-order valence-electron chi connectivity index (χ1n) is 7.12. The molecule has 0 atom stereocenters. The fourth-order valence-electron chi connectivity index (χ4n) is 2.83. The van der Waals surface area contributed by atoms with Crippen LogP contribution in [0.15, 0.2) is 79.1 Å². The van der Waals surface area contributed by atoms with E-state index < -0.39 is 0 Å². The summed E-state index contributed by atoms with van der Waals surface area (Å²) in [6.07, 6.45) is 3.98. The second kappa shape index (κ2) is 4.98. The monoisotopic (exact) mass is 271 g/mol. The minimum absolute atomic E-state index is 0.879. The Bertz CT molecular complexity index is 914. The molecular weight excluding hydrogens is 256 g/mol. The van der Waals surface area contributed by atoms with Crippen LogP contribution in [0.2, 0.25) is 0 Å². The summed E-state index contributed by atoms with van der Waals surface area (Å²) in [6, 6.07) is 23.2. The van der Waals surface area contributed by atoms with Crippen molar-refractivity contribution in [3.8, 4) is 0 Å². The van der Waals surface area contributed by atoms with Crippen LogP contribution < -0.4 is 4.57 Å². The Morgan fingerprint density at radius 2 is 1.62 bits per heavy atom. The predicted octanol–water partition coefficient (Wildman–Crippen LogP) is 3.72. The van der Waals surface area contributed by atoms with Gasteiger partial charge in [0.25, 0.3) is 0 Å². The van der Waals surface area contributed by atoms with Gasteiger partial charge in [-0.2, -0.15) is 4.57 Å². The molecule has 2 heterocycles. The third-order valence-corrected chi connectivity index (χ3v) is 3.84. The van der Waals surface area contributed by atoms with E-state index in [4.69, 9.17) is 0 Å². The number of hydrogen-bond acceptors (Lipinski definition) is 1. The Morgan fingerprint density at radius 3 is 2.52 bits per heavy atom. The Kier molecular flexibility index (Phi) is 2.86. The van der Waals surface area contributed by atoms with E-state index >= 15 is 0 Å². The summed E-state index contributed by atoms with van der Waals surface area (Å²) in [5.74, 6) is 0. The first kappa shape index (κ1) is 12.0. The summed E-state index contributed by atoms with van der Waals surface area (Å²) >= 11 is 0. The highest BCUT2D eigenvalue weighted by Crippen LogP contribution is 2.21. The third-order valence-electron chi connectivity index (χ3n) is 3.84. The molecule has 0 saturated heterocycles. The molecular formula is C19H15N2+. The van der Waals surface area contributed by atoms with Crippen LogP contribution in [0.5, 0.6) is 0 Å². The van der Waals surface area contributed by atoms with Gasteiger partial charge in [0.15, 0.2) is 12.7 Å². The first-order valence-corrected chi connectivity index (χ1v) is 7.12. The number of rotatable bonds is 2. The van der Waals surface area contributed by atoms with Gasteiger partial charge in [0.1, 0.15) is 0 Å². The van der Waals surface area contributed by atoms with Crippen LogP contribution in [0, 0.1) is 0 Å². The molecule has 0 radical (unpaired) electrons. The predicted molar refractivity (Wildman–Crippen MR) is 85.0 cm³/mol. The summed E-state index contributed by atoms with van der Waals surface area (Å²) in [5.41, 5.74) is 3.59. The quantitative estimate of drug-likeness (QED) is 0.401. The van der Waals surface area contributed by atoms with Gasteiger partial charge in [0, 0.05) is 29.3 Å². The van der Waals surface area contributed by atoms with Crippen LogP contribution in [0.4, 0.5) is 0 Å². The van der Waals surface area contributed by atoms with Gasteiger partial charge in [0.2, 0.25) is 5.52 Å². The molecule has 0 bridgehead atoms. The summed E-state index contributed by atoms with van der Waals surface area (Å²) in [6.45, 7) is 0.879. The fourth-order valence-corrected chi connectivity index (χ4v) is 2.83. The molecule has 0 spiro atoms. The highest BCUT2D eigenvalue weighted by Gasteiger charge is 2.11. The summed E-state index contributed by atoms with van der Waals surface area (Å²) in [4.78, 5) is 4.44. The maximum Gasteiger partial charge on any atom is 0.213 e. The highest BCUT2D eigenvalue weighted by atomic mass is 14.9. The molecule has 0 aliphatic rings. The van der Waals surface area contributed by atoms with Crippen molar-refractivity contribution in [3.63, 3.8) is 0 Å². The lowest BCUT2D eigenvalue weighted by Crippen LogP contribution is -2.34. The number of hydrogen-bond donors (Lipinski definition) is 0. The molecule has 2 heteroatoms. The molecule has 0 aliphatic heterocycles. The standard InChI is InChI=1S/C19H15N2/c1-2-6-15(7-3-1)14-21-13-5-9-17-16-8-4-12-20-18(16)10-11-19(17)21/h1-13H,14H2/q+1. The molecule has 0 saturated carbocycles. The molecule has 4 rings (SSSR count). The zero-order chi connectivity index (χ0) is 14.1. The second-order valence-corrected chi connectivity index (χ2v) is 5.19. The summed E-state index contributed by atoms with van der Waals surface area (Å²) in [7, 11) is 0. The Hall–Kier alpha value is -2.74. The zero-order valence-corrected chi connectivity index (χ0v) is 11.6. The van der Waals surface area contributed by atoms with Crippen molar-refractivity contribution in [2.24, 2.45) is 0 Å². The van der Waals surface area contributed by atoms with E-state index in [9.17, 15) is 0 Å². The van der Waals surface area contributed by atoms with Gasteiger partial charge in [-0.05, 0) is 18.2 Å². The Morgan fingerprint density at radius 1 is 0.762 bits per heavy atom. The molecule has 2 aromatic carbocycles. The van der Waals surface area contributed by atoms with E-state index in [0.29, 0.717) is 0 Å². The molecule has 4 aromatic rings. The molecule has 0 aliphatic carbocycles. The van der Waals surface area contributed by atoms with Crippen molar-refractivity contribution < 1.29 is 4.57 Å². The number of fused-ring (bicyclic) bond motifs is 3. The largest absolute Gasteiger partial charge is 0.256 e. The van der Waals surface area contributed by atoms with Crippen LogP contribution in [-0.4, -0.2) is 4.98 Å². The Labute approximate surface area is 123 Å². The topological polar surface area (TPSA) is 16.8 Å². The van der Waals surface area contributed by atoms with Crippen LogP contribution in [-0.2, 0) is 6.54 Å². The van der Waals surface area contributed by atoms with Gasteiger partial charge in [-0.3, -0.25) is 4.98 Å². The number of nitrogens with zero attached hydrogens (tertiary/aromatic N) is 2. The van der Waals surface area contributed by atoms with E-state index in [1.54, 1.807) is 0 Å². The number of pyridine rings is 2. The van der Waals surface area contributed by atoms with Gasteiger partial charge in [0.05, 0.1) is 10.9 Å². The van der Waals surface area contributed by atoms with Crippen LogP contribution in [0.25, 0.3) is 21.8 Å². The van der Waals surface area contributed by atoms with Gasteiger partial charge in [-0.15, -0.1) is 0 Å². The molecule has 21 heavy (non-hydrogen) atoms. The molecule has 2 aromatic heterocycles. The van der Waals surface area contributed by atoms with Crippen molar-refractivity contribution in [1.29, 1.82) is 0 Å². The van der Waals surface area contributed by atoms with E-state index in [1.807, 2.05) is 12.3 Å². The maximum absolute atomic E-state index is 4.44. The van der Waals surface area contributed by atoms with E-state index in [1.165, 1.54) is 21.9 Å². The normalized spacial score (nSPS) is 11.0. The van der Waals surface area contributed by atoms with Crippen molar-refractivity contribution in [1.82, 2.24) is 4.98 Å². The molecule has 0 amide bonds. The van der Waals surface area contributed by atoms with Gasteiger partial charge in [-0.1, -0.05) is 36.4 Å². The second-order valence-electron chi connectivity index (χ2n) is 5.19. The number of aromatic nitrogens is 2. The average molecular weight is 271 g/mol. The lowest BCUT2D eigenvalue weighted by Gasteiger charge is -2.04. The Balaban J connectivity index is 1.92. The van der Waals surface area contributed by atoms with Crippen LogP contribution >= 0.6 is 0 Å². The van der Waals surface area contributed by atoms with Crippen molar-refractivity contribution >= 4 is 21.8 Å². The van der Waals surface area contributed by atoms with Crippen LogP contribution in [0.1, 0.15) is 5.56 Å². The van der Waals surface area contributed by atoms with Gasteiger partial charge >= 0.3 is 0 Å². The lowest BCUT2D eigenvalue weighted by atomic mass is 10.1. The SMILES string of the molecule is c1ccc(C[n+]2cccc3c4cccnc4ccc32)cc1. The zero-order valence-electron chi connectivity index (χ0n) is 11.6.